The van der Waals surface area contributed by atoms with Crippen LogP contribution < -0.4 is 10.0 Å². The van der Waals surface area contributed by atoms with Gasteiger partial charge in [0.1, 0.15) is 0 Å². The second-order valence-electron chi connectivity index (χ2n) is 6.25. The molecule has 2 N–H and O–H groups in total. The molecule has 29 heavy (non-hydrogen) atoms. The highest BCUT2D eigenvalue weighted by Gasteiger charge is 2.36. The first kappa shape index (κ1) is 20.8. The van der Waals surface area contributed by atoms with Crippen LogP contribution in [0.4, 0.5) is 18.9 Å². The van der Waals surface area contributed by atoms with Gasteiger partial charge in [-0.2, -0.15) is 13.2 Å². The number of hydrogen-bond acceptors (Lipinski definition) is 3. The van der Waals surface area contributed by atoms with Crippen molar-refractivity contribution < 1.29 is 26.4 Å². The topological polar surface area (TPSA) is 75.3 Å². The van der Waals surface area contributed by atoms with Crippen LogP contribution in [-0.2, 0) is 21.0 Å². The Bertz CT molecular complexity index is 1140. The lowest BCUT2D eigenvalue weighted by Gasteiger charge is -2.13. The van der Waals surface area contributed by atoms with Crippen LogP contribution in [0.2, 0.25) is 0 Å². The number of alkyl halides is 3. The molecule has 0 heterocycles. The van der Waals surface area contributed by atoms with Crippen LogP contribution >= 0.6 is 0 Å². The van der Waals surface area contributed by atoms with Crippen molar-refractivity contribution in [2.45, 2.75) is 17.5 Å². The van der Waals surface area contributed by atoms with Crippen molar-refractivity contribution in [3.05, 3.63) is 72.3 Å². The molecule has 0 unspecified atom stereocenters. The zero-order chi connectivity index (χ0) is 21.1. The molecule has 152 valence electrons. The van der Waals surface area contributed by atoms with E-state index in [0.29, 0.717) is 11.8 Å². The van der Waals surface area contributed by atoms with Gasteiger partial charge in [-0.05, 0) is 35.0 Å². The number of carbonyl (C=O) groups excluding carboxylic acids is 1. The molecule has 0 aliphatic carbocycles. The third-order valence-corrected chi connectivity index (χ3v) is 5.68. The van der Waals surface area contributed by atoms with E-state index >= 15 is 0 Å². The van der Waals surface area contributed by atoms with Gasteiger partial charge in [0.2, 0.25) is 15.9 Å². The Labute approximate surface area is 165 Å². The van der Waals surface area contributed by atoms with E-state index in [1.165, 1.54) is 6.07 Å². The third kappa shape index (κ3) is 5.12. The first-order valence-corrected chi connectivity index (χ1v) is 10.1. The lowest BCUT2D eigenvalue weighted by Crippen LogP contribution is -2.29. The third-order valence-electron chi connectivity index (χ3n) is 4.16. The van der Waals surface area contributed by atoms with Crippen LogP contribution in [0.25, 0.3) is 10.8 Å². The Morgan fingerprint density at radius 1 is 0.897 bits per heavy atom. The average Bonchev–Trinajstić information content (AvgIpc) is 2.67. The molecular formula is C20H17F3N2O3S. The number of amides is 1. The predicted octanol–water partition coefficient (Wildman–Crippen LogP) is 4.17. The zero-order valence-corrected chi connectivity index (χ0v) is 15.8. The maximum atomic E-state index is 13.0. The van der Waals surface area contributed by atoms with Crippen LogP contribution in [0.15, 0.2) is 71.6 Å². The summed E-state index contributed by atoms with van der Waals surface area (Å²) in [5.41, 5.74) is -0.716. The number of sulfonamides is 1. The summed E-state index contributed by atoms with van der Waals surface area (Å²) in [5.74, 6) is -0.466. The molecule has 3 aromatic carbocycles. The van der Waals surface area contributed by atoms with Crippen LogP contribution in [0.1, 0.15) is 12.0 Å². The lowest BCUT2D eigenvalue weighted by atomic mass is 10.1. The molecule has 0 saturated carbocycles. The van der Waals surface area contributed by atoms with Gasteiger partial charge >= 0.3 is 6.18 Å². The summed E-state index contributed by atoms with van der Waals surface area (Å²) >= 11 is 0. The lowest BCUT2D eigenvalue weighted by molar-refractivity contribution is -0.139. The van der Waals surface area contributed by atoms with Crippen molar-refractivity contribution >= 4 is 32.4 Å². The fraction of sp³-hybridized carbons (Fsp3) is 0.150. The van der Waals surface area contributed by atoms with Crippen molar-refractivity contribution in [3.63, 3.8) is 0 Å². The van der Waals surface area contributed by atoms with Gasteiger partial charge in [0.15, 0.2) is 0 Å². The van der Waals surface area contributed by atoms with Gasteiger partial charge in [0.05, 0.1) is 10.5 Å². The molecule has 0 bridgehead atoms. The maximum Gasteiger partial charge on any atom is 0.417 e. The fourth-order valence-corrected chi connectivity index (χ4v) is 4.06. The molecule has 1 amide bonds. The summed E-state index contributed by atoms with van der Waals surface area (Å²) in [5, 5.41) is 4.57. The normalized spacial score (nSPS) is 12.1. The number of nitrogens with one attached hydrogen (secondary N) is 2. The minimum absolute atomic E-state index is 0.236. The largest absolute Gasteiger partial charge is 0.417 e. The van der Waals surface area contributed by atoms with E-state index in [-0.39, 0.29) is 13.0 Å². The van der Waals surface area contributed by atoms with E-state index in [2.05, 4.69) is 5.32 Å². The standard InChI is InChI=1S/C20H17F3N2O3S/c21-20(22,23)17-7-3-4-8-18(17)29(27,28)24-12-11-19(26)25-16-10-9-14-5-1-2-6-15(14)13-16/h1-10,13,24H,11-12H2,(H,25,26). The van der Waals surface area contributed by atoms with Crippen molar-refractivity contribution in [1.29, 1.82) is 0 Å². The van der Waals surface area contributed by atoms with E-state index in [1.54, 1.807) is 12.1 Å². The highest BCUT2D eigenvalue weighted by Crippen LogP contribution is 2.33. The minimum atomic E-state index is -4.81. The van der Waals surface area contributed by atoms with Crippen LogP contribution in [0, 0.1) is 0 Å². The van der Waals surface area contributed by atoms with E-state index < -0.39 is 32.6 Å². The SMILES string of the molecule is O=C(CCNS(=O)(=O)c1ccccc1C(F)(F)F)Nc1ccc2ccccc2c1. The van der Waals surface area contributed by atoms with Crippen molar-refractivity contribution in [1.82, 2.24) is 4.72 Å². The highest BCUT2D eigenvalue weighted by molar-refractivity contribution is 7.89. The smallest absolute Gasteiger partial charge is 0.326 e. The minimum Gasteiger partial charge on any atom is -0.326 e. The number of halogens is 3. The quantitative estimate of drug-likeness (QED) is 0.626. The Balaban J connectivity index is 1.62. The monoisotopic (exact) mass is 422 g/mol. The number of carbonyl (C=O) groups is 1. The fourth-order valence-electron chi connectivity index (χ4n) is 2.80. The Morgan fingerprint density at radius 2 is 1.55 bits per heavy atom. The Kier molecular flexibility index (Phi) is 5.90. The van der Waals surface area contributed by atoms with Gasteiger partial charge in [0.25, 0.3) is 0 Å². The summed E-state index contributed by atoms with van der Waals surface area (Å²) in [6.07, 6.45) is -5.04. The van der Waals surface area contributed by atoms with Gasteiger partial charge in [-0.25, -0.2) is 13.1 Å². The number of benzene rings is 3. The van der Waals surface area contributed by atoms with Crippen LogP contribution in [-0.4, -0.2) is 20.9 Å². The molecule has 0 radical (unpaired) electrons. The summed E-state index contributed by atoms with van der Waals surface area (Å²) in [4.78, 5) is 11.2. The first-order chi connectivity index (χ1) is 13.7. The Morgan fingerprint density at radius 3 is 2.28 bits per heavy atom. The van der Waals surface area contributed by atoms with Gasteiger partial charge in [-0.1, -0.05) is 42.5 Å². The van der Waals surface area contributed by atoms with Gasteiger partial charge in [-0.15, -0.1) is 0 Å². The molecular weight excluding hydrogens is 405 g/mol. The number of rotatable bonds is 6. The van der Waals surface area contributed by atoms with Gasteiger partial charge in [-0.3, -0.25) is 4.79 Å². The number of fused-ring (bicyclic) bond motifs is 1. The molecule has 3 aromatic rings. The molecule has 9 heteroatoms. The van der Waals surface area contributed by atoms with Crippen molar-refractivity contribution in [3.8, 4) is 0 Å². The van der Waals surface area contributed by atoms with Crippen LogP contribution in [0.3, 0.4) is 0 Å². The highest BCUT2D eigenvalue weighted by atomic mass is 32.2. The predicted molar refractivity (Wildman–Crippen MR) is 104 cm³/mol. The number of hydrogen-bond donors (Lipinski definition) is 2. The molecule has 3 rings (SSSR count). The first-order valence-electron chi connectivity index (χ1n) is 8.61. The van der Waals surface area contributed by atoms with E-state index in [0.717, 1.165) is 22.9 Å². The van der Waals surface area contributed by atoms with Gasteiger partial charge < -0.3 is 5.32 Å². The molecule has 0 aliphatic rings. The van der Waals surface area contributed by atoms with E-state index in [1.807, 2.05) is 35.1 Å². The Hall–Kier alpha value is -2.91. The maximum absolute atomic E-state index is 13.0. The van der Waals surface area contributed by atoms with E-state index in [4.69, 9.17) is 0 Å². The summed E-state index contributed by atoms with van der Waals surface area (Å²) in [7, 11) is -4.42. The van der Waals surface area contributed by atoms with E-state index in [9.17, 15) is 26.4 Å². The molecule has 5 nitrogen and oxygen atoms in total. The van der Waals surface area contributed by atoms with Crippen molar-refractivity contribution in [2.75, 3.05) is 11.9 Å². The molecule has 0 spiro atoms. The molecule has 0 saturated heterocycles. The molecule has 0 aliphatic heterocycles. The summed E-state index contributed by atoms with van der Waals surface area (Å²) in [6.45, 7) is -0.339. The summed E-state index contributed by atoms with van der Waals surface area (Å²) < 4.78 is 65.6. The average molecular weight is 422 g/mol. The van der Waals surface area contributed by atoms with Gasteiger partial charge in [0, 0.05) is 18.7 Å². The zero-order valence-electron chi connectivity index (χ0n) is 15.0. The van der Waals surface area contributed by atoms with Crippen molar-refractivity contribution in [2.24, 2.45) is 0 Å². The molecule has 0 atom stereocenters. The summed E-state index contributed by atoms with van der Waals surface area (Å²) in [6, 6.07) is 16.8. The number of anilines is 1. The molecule has 0 aromatic heterocycles. The second kappa shape index (κ2) is 8.22. The van der Waals surface area contributed by atoms with Crippen LogP contribution in [0.5, 0.6) is 0 Å². The second-order valence-corrected chi connectivity index (χ2v) is 7.99. The molecule has 0 fully saturated rings.